The number of anilines is 2. The first-order valence-electron chi connectivity index (χ1n) is 9.75. The highest BCUT2D eigenvalue weighted by Crippen LogP contribution is 2.38. The van der Waals surface area contributed by atoms with Crippen LogP contribution in [0.1, 0.15) is 5.69 Å². The van der Waals surface area contributed by atoms with Crippen LogP contribution < -0.4 is 5.32 Å². The molecule has 1 saturated heterocycles. The van der Waals surface area contributed by atoms with Gasteiger partial charge in [0.25, 0.3) is 0 Å². The number of aromatic nitrogens is 4. The number of nitrogens with one attached hydrogen (secondary N) is 1. The van der Waals surface area contributed by atoms with Gasteiger partial charge in [0.15, 0.2) is 5.82 Å². The lowest BCUT2D eigenvalue weighted by Crippen LogP contribution is -2.35. The number of hydrogen-bond donors (Lipinski definition) is 1. The zero-order valence-corrected chi connectivity index (χ0v) is 18.0. The normalized spacial score (nSPS) is 14.8. The fourth-order valence-electron chi connectivity index (χ4n) is 3.42. The minimum absolute atomic E-state index is 0.297. The zero-order valence-electron chi connectivity index (χ0n) is 16.4. The van der Waals surface area contributed by atoms with E-state index in [9.17, 15) is 4.39 Å². The molecular weight excluding hydrogens is 439 g/mol. The van der Waals surface area contributed by atoms with Gasteiger partial charge in [-0.25, -0.2) is 24.3 Å². The predicted molar refractivity (Wildman–Crippen MR) is 119 cm³/mol. The van der Waals surface area contributed by atoms with Gasteiger partial charge in [0, 0.05) is 31.9 Å². The maximum absolute atomic E-state index is 14.4. The number of hydrogen-bond acceptors (Lipinski definition) is 8. The first kappa shape index (κ1) is 20.2. The molecule has 1 N–H and O–H groups in total. The Morgan fingerprint density at radius 3 is 2.87 bits per heavy atom. The third-order valence-corrected chi connectivity index (χ3v) is 6.35. The van der Waals surface area contributed by atoms with Gasteiger partial charge in [0.2, 0.25) is 0 Å². The molecule has 1 aliphatic heterocycles. The van der Waals surface area contributed by atoms with E-state index < -0.39 is 5.82 Å². The van der Waals surface area contributed by atoms with E-state index in [4.69, 9.17) is 16.3 Å². The number of nitrogens with zero attached hydrogens (tertiary/aromatic N) is 5. The number of fused-ring (bicyclic) bond motifs is 1. The van der Waals surface area contributed by atoms with Gasteiger partial charge in [-0.15, -0.1) is 11.3 Å². The van der Waals surface area contributed by atoms with Crippen LogP contribution in [0.4, 0.5) is 16.0 Å². The highest BCUT2D eigenvalue weighted by molar-refractivity contribution is 7.22. The number of morpholine rings is 1. The van der Waals surface area contributed by atoms with Crippen molar-refractivity contribution in [1.29, 1.82) is 0 Å². The van der Waals surface area contributed by atoms with Crippen LogP contribution in [0.25, 0.3) is 20.8 Å². The smallest absolute Gasteiger partial charge is 0.151 e. The van der Waals surface area contributed by atoms with Crippen molar-refractivity contribution >= 4 is 44.8 Å². The highest BCUT2D eigenvalue weighted by Gasteiger charge is 2.17. The van der Waals surface area contributed by atoms with Crippen LogP contribution in [0.3, 0.4) is 0 Å². The average Bonchev–Trinajstić information content (AvgIpc) is 3.19. The predicted octanol–water partition coefficient (Wildman–Crippen LogP) is 4.52. The summed E-state index contributed by atoms with van der Waals surface area (Å²) in [6.07, 6.45) is 3.20. The van der Waals surface area contributed by atoms with Gasteiger partial charge < -0.3 is 10.1 Å². The van der Waals surface area contributed by atoms with E-state index in [0.29, 0.717) is 32.7 Å². The fraction of sp³-hybridized carbons (Fsp3) is 0.238. The molecule has 0 atom stereocenters. The summed E-state index contributed by atoms with van der Waals surface area (Å²) in [6, 6.07) is 8.30. The average molecular weight is 457 g/mol. The Morgan fingerprint density at radius 1 is 1.16 bits per heavy atom. The Morgan fingerprint density at radius 2 is 2.03 bits per heavy atom. The Labute approximate surface area is 186 Å². The Hall–Kier alpha value is -2.72. The number of thiazole rings is 1. The third-order valence-electron chi connectivity index (χ3n) is 4.94. The summed E-state index contributed by atoms with van der Waals surface area (Å²) in [7, 11) is 0. The Balaban J connectivity index is 1.43. The van der Waals surface area contributed by atoms with Crippen molar-refractivity contribution in [2.75, 3.05) is 31.6 Å². The van der Waals surface area contributed by atoms with Crippen molar-refractivity contribution in [1.82, 2.24) is 24.8 Å². The summed E-state index contributed by atoms with van der Waals surface area (Å²) in [4.78, 5) is 20.0. The molecule has 5 rings (SSSR count). The zero-order chi connectivity index (χ0) is 21.2. The molecule has 10 heteroatoms. The summed E-state index contributed by atoms with van der Waals surface area (Å²) in [5.74, 6) is 0.833. The SMILES string of the molecule is Fc1cccc(Cl)c1-c1nc2ccnc(Nc3cc(CN4CCOCC4)ncn3)c2s1. The van der Waals surface area contributed by atoms with Gasteiger partial charge in [-0.1, -0.05) is 17.7 Å². The molecule has 1 fully saturated rings. The van der Waals surface area contributed by atoms with E-state index in [1.54, 1.807) is 24.4 Å². The summed E-state index contributed by atoms with van der Waals surface area (Å²) in [6.45, 7) is 3.98. The lowest BCUT2D eigenvalue weighted by molar-refractivity contribution is 0.0336. The first-order valence-corrected chi connectivity index (χ1v) is 10.9. The quantitative estimate of drug-likeness (QED) is 0.473. The molecule has 0 aliphatic carbocycles. The van der Waals surface area contributed by atoms with Gasteiger partial charge >= 0.3 is 0 Å². The Kier molecular flexibility index (Phi) is 5.73. The summed E-state index contributed by atoms with van der Waals surface area (Å²) in [5, 5.41) is 4.09. The second kappa shape index (κ2) is 8.80. The molecule has 4 heterocycles. The van der Waals surface area contributed by atoms with Crippen LogP contribution in [0, 0.1) is 5.82 Å². The van der Waals surface area contributed by atoms with Crippen molar-refractivity contribution in [3.63, 3.8) is 0 Å². The Bertz CT molecular complexity index is 1210. The second-order valence-electron chi connectivity index (χ2n) is 7.03. The van der Waals surface area contributed by atoms with Crippen molar-refractivity contribution in [2.45, 2.75) is 6.54 Å². The van der Waals surface area contributed by atoms with Crippen molar-refractivity contribution in [3.8, 4) is 10.6 Å². The molecular formula is C21H18ClFN6OS. The summed E-state index contributed by atoms with van der Waals surface area (Å²) < 4.78 is 20.6. The van der Waals surface area contributed by atoms with Crippen molar-refractivity contribution < 1.29 is 9.13 Å². The number of halogens is 2. The minimum Gasteiger partial charge on any atom is -0.379 e. The molecule has 4 aromatic rings. The molecule has 1 aromatic carbocycles. The lowest BCUT2D eigenvalue weighted by atomic mass is 10.2. The number of ether oxygens (including phenoxy) is 1. The summed E-state index contributed by atoms with van der Waals surface area (Å²) >= 11 is 7.56. The van der Waals surface area contributed by atoms with Crippen molar-refractivity contribution in [2.24, 2.45) is 0 Å². The van der Waals surface area contributed by atoms with Crippen LogP contribution >= 0.6 is 22.9 Å². The molecule has 0 amide bonds. The second-order valence-corrected chi connectivity index (χ2v) is 8.44. The van der Waals surface area contributed by atoms with Crippen LogP contribution in [0.2, 0.25) is 5.02 Å². The molecule has 0 saturated carbocycles. The van der Waals surface area contributed by atoms with Crippen molar-refractivity contribution in [3.05, 3.63) is 59.4 Å². The largest absolute Gasteiger partial charge is 0.379 e. The number of pyridine rings is 1. The minimum atomic E-state index is -0.405. The van der Waals surface area contributed by atoms with Gasteiger partial charge in [0.05, 0.1) is 39.7 Å². The van der Waals surface area contributed by atoms with E-state index >= 15 is 0 Å². The number of rotatable bonds is 5. The molecule has 0 spiro atoms. The standard InChI is InChI=1S/C21H18ClFN6OS/c22-14-2-1-3-15(23)18(14)21-27-16-4-5-24-20(19(16)31-21)28-17-10-13(25-12-26-17)11-29-6-8-30-9-7-29/h1-5,10,12H,6-9,11H2,(H,24,25,26,28). The first-order chi connectivity index (χ1) is 15.2. The number of benzene rings is 1. The van der Waals surface area contributed by atoms with Crippen LogP contribution in [0.5, 0.6) is 0 Å². The molecule has 0 bridgehead atoms. The molecule has 0 radical (unpaired) electrons. The lowest BCUT2D eigenvalue weighted by Gasteiger charge is -2.26. The van der Waals surface area contributed by atoms with Gasteiger partial charge in [-0.05, 0) is 18.2 Å². The fourth-order valence-corrected chi connectivity index (χ4v) is 4.79. The van der Waals surface area contributed by atoms with E-state index in [0.717, 1.165) is 43.2 Å². The van der Waals surface area contributed by atoms with Crippen LogP contribution in [-0.4, -0.2) is 51.1 Å². The van der Waals surface area contributed by atoms with E-state index in [1.807, 2.05) is 6.07 Å². The molecule has 1 aliphatic rings. The van der Waals surface area contributed by atoms with E-state index in [-0.39, 0.29) is 0 Å². The monoisotopic (exact) mass is 456 g/mol. The molecule has 0 unspecified atom stereocenters. The van der Waals surface area contributed by atoms with E-state index in [2.05, 4.69) is 30.2 Å². The topological polar surface area (TPSA) is 76.1 Å². The molecule has 7 nitrogen and oxygen atoms in total. The molecule has 31 heavy (non-hydrogen) atoms. The van der Waals surface area contributed by atoms with Crippen LogP contribution in [0.15, 0.2) is 42.9 Å². The van der Waals surface area contributed by atoms with Gasteiger partial charge in [-0.2, -0.15) is 0 Å². The van der Waals surface area contributed by atoms with E-state index in [1.165, 1.54) is 23.7 Å². The maximum atomic E-state index is 14.4. The van der Waals surface area contributed by atoms with Crippen LogP contribution in [-0.2, 0) is 11.3 Å². The maximum Gasteiger partial charge on any atom is 0.151 e. The highest BCUT2D eigenvalue weighted by atomic mass is 35.5. The van der Waals surface area contributed by atoms with Gasteiger partial charge in [0.1, 0.15) is 23.0 Å². The van der Waals surface area contributed by atoms with Gasteiger partial charge in [-0.3, -0.25) is 4.90 Å². The molecule has 3 aromatic heterocycles. The third kappa shape index (κ3) is 4.35. The summed E-state index contributed by atoms with van der Waals surface area (Å²) in [5.41, 5.74) is 1.92. The molecule has 158 valence electrons.